The van der Waals surface area contributed by atoms with Crippen LogP contribution < -0.4 is 16.1 Å². The maximum atomic E-state index is 13.9. The summed E-state index contributed by atoms with van der Waals surface area (Å²) in [6.07, 6.45) is 1.22. The van der Waals surface area contributed by atoms with E-state index in [0.29, 0.717) is 38.2 Å². The summed E-state index contributed by atoms with van der Waals surface area (Å²) in [6.45, 7) is 1.75. The number of benzene rings is 3. The molecule has 2 heterocycles. The number of aromatic nitrogens is 1. The Bertz CT molecular complexity index is 1640. The fraction of sp³-hybridized carbons (Fsp3) is 0.111. The van der Waals surface area contributed by atoms with E-state index in [2.05, 4.69) is 0 Å². The van der Waals surface area contributed by atoms with E-state index in [1.807, 2.05) is 24.3 Å². The minimum Gasteiger partial charge on any atom is -0.456 e. The van der Waals surface area contributed by atoms with Gasteiger partial charge in [0.25, 0.3) is 11.5 Å². The molecule has 0 amide bonds. The molecule has 0 saturated heterocycles. The zero-order valence-corrected chi connectivity index (χ0v) is 19.8. The molecule has 0 bridgehead atoms. The van der Waals surface area contributed by atoms with Gasteiger partial charge in [-0.15, -0.1) is 0 Å². The van der Waals surface area contributed by atoms with Crippen molar-refractivity contribution in [3.63, 3.8) is 0 Å². The summed E-state index contributed by atoms with van der Waals surface area (Å²) in [4.78, 5) is 27.0. The SMILES string of the molecule is Cc1c(Cl)cccc1-n1c(=O)oc2c(c1=O)C1C=C(Oc3ccc(Cl)cc3)OC1c1ccccc1-2. The van der Waals surface area contributed by atoms with E-state index >= 15 is 0 Å². The summed E-state index contributed by atoms with van der Waals surface area (Å²) < 4.78 is 18.9. The van der Waals surface area contributed by atoms with Gasteiger partial charge in [-0.25, -0.2) is 9.36 Å². The Balaban J connectivity index is 1.55. The van der Waals surface area contributed by atoms with Crippen LogP contribution in [0.3, 0.4) is 0 Å². The predicted molar refractivity (Wildman–Crippen MR) is 132 cm³/mol. The highest BCUT2D eigenvalue weighted by atomic mass is 35.5. The first-order valence-corrected chi connectivity index (χ1v) is 11.6. The van der Waals surface area contributed by atoms with E-state index in [0.717, 1.165) is 10.1 Å². The molecule has 3 aromatic carbocycles. The summed E-state index contributed by atoms with van der Waals surface area (Å²) in [6, 6.07) is 19.3. The second-order valence-electron chi connectivity index (χ2n) is 8.33. The smallest absolute Gasteiger partial charge is 0.427 e. The lowest BCUT2D eigenvalue weighted by atomic mass is 9.81. The van der Waals surface area contributed by atoms with Crippen LogP contribution in [0.5, 0.6) is 5.75 Å². The lowest BCUT2D eigenvalue weighted by Crippen LogP contribution is -2.37. The second-order valence-corrected chi connectivity index (χ2v) is 9.17. The molecule has 6 nitrogen and oxygen atoms in total. The van der Waals surface area contributed by atoms with E-state index in [4.69, 9.17) is 37.1 Å². The van der Waals surface area contributed by atoms with E-state index in [1.54, 1.807) is 55.5 Å². The Morgan fingerprint density at radius 2 is 1.71 bits per heavy atom. The van der Waals surface area contributed by atoms with Crippen LogP contribution in [0.1, 0.15) is 28.7 Å². The molecule has 0 spiro atoms. The van der Waals surface area contributed by atoms with E-state index in [9.17, 15) is 9.59 Å². The molecule has 174 valence electrons. The van der Waals surface area contributed by atoms with Crippen molar-refractivity contribution < 1.29 is 13.9 Å². The van der Waals surface area contributed by atoms with Crippen molar-refractivity contribution in [2.24, 2.45) is 0 Å². The van der Waals surface area contributed by atoms with Crippen LogP contribution in [0.25, 0.3) is 17.0 Å². The van der Waals surface area contributed by atoms with E-state index in [-0.39, 0.29) is 11.7 Å². The van der Waals surface area contributed by atoms with Gasteiger partial charge < -0.3 is 13.9 Å². The Labute approximate surface area is 209 Å². The second kappa shape index (κ2) is 8.18. The molecule has 1 aromatic heterocycles. The molecular weight excluding hydrogens is 489 g/mol. The maximum Gasteiger partial charge on any atom is 0.427 e. The lowest BCUT2D eigenvalue weighted by Gasteiger charge is -2.28. The van der Waals surface area contributed by atoms with Gasteiger partial charge in [-0.1, -0.05) is 53.5 Å². The van der Waals surface area contributed by atoms with Crippen LogP contribution in [0, 0.1) is 6.92 Å². The third-order valence-corrected chi connectivity index (χ3v) is 6.95. The maximum absolute atomic E-state index is 13.9. The highest BCUT2D eigenvalue weighted by Crippen LogP contribution is 2.51. The molecule has 2 atom stereocenters. The molecule has 0 radical (unpaired) electrons. The summed E-state index contributed by atoms with van der Waals surface area (Å²) in [5, 5.41) is 1.03. The van der Waals surface area contributed by atoms with Crippen LogP contribution in [-0.2, 0) is 4.74 Å². The normalized spacial score (nSPS) is 17.6. The monoisotopic (exact) mass is 505 g/mol. The van der Waals surface area contributed by atoms with Crippen LogP contribution in [0.4, 0.5) is 0 Å². The molecule has 1 aliphatic heterocycles. The number of ether oxygens (including phenoxy) is 2. The molecule has 8 heteroatoms. The fourth-order valence-electron chi connectivity index (χ4n) is 4.62. The van der Waals surface area contributed by atoms with Gasteiger partial charge in [0.1, 0.15) is 17.6 Å². The Morgan fingerprint density at radius 1 is 0.943 bits per heavy atom. The molecule has 4 aromatic rings. The topological polar surface area (TPSA) is 70.7 Å². The van der Waals surface area contributed by atoms with Crippen LogP contribution in [-0.4, -0.2) is 4.57 Å². The molecule has 6 rings (SSSR count). The number of fused-ring (bicyclic) bond motifs is 6. The zero-order chi connectivity index (χ0) is 24.3. The zero-order valence-electron chi connectivity index (χ0n) is 18.3. The first-order chi connectivity index (χ1) is 16.9. The van der Waals surface area contributed by atoms with Gasteiger partial charge in [0.05, 0.1) is 17.2 Å². The van der Waals surface area contributed by atoms with Gasteiger partial charge >= 0.3 is 5.76 Å². The van der Waals surface area contributed by atoms with Crippen molar-refractivity contribution in [2.45, 2.75) is 18.9 Å². The van der Waals surface area contributed by atoms with Crippen molar-refractivity contribution in [2.75, 3.05) is 0 Å². The van der Waals surface area contributed by atoms with Crippen LogP contribution in [0.2, 0.25) is 10.0 Å². The molecule has 35 heavy (non-hydrogen) atoms. The van der Waals surface area contributed by atoms with Crippen molar-refractivity contribution in [3.8, 4) is 22.8 Å². The average Bonchev–Trinajstić information content (AvgIpc) is 3.26. The van der Waals surface area contributed by atoms with Crippen molar-refractivity contribution in [1.29, 1.82) is 0 Å². The first kappa shape index (κ1) is 21.8. The number of nitrogens with zero attached hydrogens (tertiary/aromatic N) is 1. The first-order valence-electron chi connectivity index (χ1n) is 10.9. The lowest BCUT2D eigenvalue weighted by molar-refractivity contribution is 0.0599. The largest absolute Gasteiger partial charge is 0.456 e. The summed E-state index contributed by atoms with van der Waals surface area (Å²) in [5.41, 5.74) is 2.24. The van der Waals surface area contributed by atoms with Crippen molar-refractivity contribution in [1.82, 2.24) is 4.57 Å². The number of hydrogen-bond donors (Lipinski definition) is 0. The van der Waals surface area contributed by atoms with Gasteiger partial charge in [-0.3, -0.25) is 4.79 Å². The summed E-state index contributed by atoms with van der Waals surface area (Å²) in [5.74, 6) is -0.279. The molecular formula is C27H17Cl2NO5. The fourth-order valence-corrected chi connectivity index (χ4v) is 4.92. The summed E-state index contributed by atoms with van der Waals surface area (Å²) in [7, 11) is 0. The Kier molecular flexibility index (Phi) is 5.09. The molecule has 0 fully saturated rings. The Hall–Kier alpha value is -3.74. The average molecular weight is 506 g/mol. The molecule has 0 saturated carbocycles. The van der Waals surface area contributed by atoms with Crippen LogP contribution >= 0.6 is 23.2 Å². The van der Waals surface area contributed by atoms with Gasteiger partial charge in [-0.2, -0.15) is 0 Å². The van der Waals surface area contributed by atoms with Crippen LogP contribution in [0.15, 0.2) is 92.8 Å². The molecule has 2 unspecified atom stereocenters. The van der Waals surface area contributed by atoms with E-state index in [1.165, 1.54) is 0 Å². The standard InChI is InChI=1S/C27H17Cl2NO5/c1-14-20(29)7-4-8-21(14)30-26(31)23-19-13-22(33-16-11-9-15(28)10-12-16)34-24(19)17-5-2-3-6-18(17)25(23)35-27(30)32/h2-13,19,24H,1H3. The van der Waals surface area contributed by atoms with Gasteiger partial charge in [0.2, 0.25) is 0 Å². The molecule has 0 N–H and O–H groups in total. The number of hydrogen-bond acceptors (Lipinski definition) is 5. The third-order valence-electron chi connectivity index (χ3n) is 6.29. The molecule has 2 aliphatic rings. The number of halogens is 2. The minimum atomic E-state index is -0.784. The Morgan fingerprint density at radius 3 is 2.51 bits per heavy atom. The van der Waals surface area contributed by atoms with Crippen molar-refractivity contribution in [3.05, 3.63) is 126 Å². The summed E-state index contributed by atoms with van der Waals surface area (Å²) >= 11 is 12.2. The highest BCUT2D eigenvalue weighted by Gasteiger charge is 2.43. The van der Waals surface area contributed by atoms with Gasteiger partial charge in [0.15, 0.2) is 0 Å². The molecule has 1 aliphatic carbocycles. The van der Waals surface area contributed by atoms with E-state index < -0.39 is 23.3 Å². The number of rotatable bonds is 3. The van der Waals surface area contributed by atoms with Crippen molar-refractivity contribution >= 4 is 23.2 Å². The third kappa shape index (κ3) is 3.49. The quantitative estimate of drug-likeness (QED) is 0.333. The minimum absolute atomic E-state index is 0.236. The van der Waals surface area contributed by atoms with Gasteiger partial charge in [0, 0.05) is 27.2 Å². The highest BCUT2D eigenvalue weighted by molar-refractivity contribution is 6.31. The van der Waals surface area contributed by atoms with Gasteiger partial charge in [-0.05, 0) is 48.9 Å². The predicted octanol–water partition coefficient (Wildman–Crippen LogP) is 6.16.